The Kier molecular flexibility index (Phi) is 4.03. The van der Waals surface area contributed by atoms with E-state index in [9.17, 15) is 14.4 Å². The van der Waals surface area contributed by atoms with Crippen molar-refractivity contribution in [3.8, 4) is 0 Å². The van der Waals surface area contributed by atoms with Crippen LogP contribution in [0.1, 0.15) is 27.2 Å². The van der Waals surface area contributed by atoms with Crippen LogP contribution in [0.2, 0.25) is 0 Å². The number of nitrogens with zero attached hydrogens (tertiary/aromatic N) is 2. The summed E-state index contributed by atoms with van der Waals surface area (Å²) in [5.41, 5.74) is 1.65. The van der Waals surface area contributed by atoms with Crippen LogP contribution in [0.25, 0.3) is 0 Å². The van der Waals surface area contributed by atoms with Gasteiger partial charge in [0.05, 0.1) is 12.1 Å². The van der Waals surface area contributed by atoms with Crippen molar-refractivity contribution in [1.29, 1.82) is 0 Å². The van der Waals surface area contributed by atoms with Crippen molar-refractivity contribution < 1.29 is 23.9 Å². The predicted molar refractivity (Wildman–Crippen MR) is 89.6 cm³/mol. The van der Waals surface area contributed by atoms with Crippen LogP contribution in [-0.4, -0.2) is 29.3 Å². The monoisotopic (exact) mass is 343 g/mol. The van der Waals surface area contributed by atoms with Crippen LogP contribution in [0.5, 0.6) is 0 Å². The Morgan fingerprint density at radius 1 is 1.20 bits per heavy atom. The number of esters is 2. The van der Waals surface area contributed by atoms with Crippen molar-refractivity contribution in [2.45, 2.75) is 33.0 Å². The maximum absolute atomic E-state index is 11.9. The first kappa shape index (κ1) is 16.7. The molecular weight excluding hydrogens is 326 g/mol. The zero-order valence-corrected chi connectivity index (χ0v) is 14.0. The summed E-state index contributed by atoms with van der Waals surface area (Å²) in [6.45, 7) is 4.74. The minimum atomic E-state index is -1.28. The molecule has 0 radical (unpaired) electrons. The fourth-order valence-electron chi connectivity index (χ4n) is 2.42. The van der Waals surface area contributed by atoms with E-state index < -0.39 is 17.7 Å². The highest BCUT2D eigenvalue weighted by Crippen LogP contribution is 2.25. The van der Waals surface area contributed by atoms with Crippen LogP contribution in [0.4, 0.5) is 11.4 Å². The van der Waals surface area contributed by atoms with Crippen molar-refractivity contribution in [3.63, 3.8) is 0 Å². The van der Waals surface area contributed by atoms with E-state index in [2.05, 4.69) is 10.4 Å². The van der Waals surface area contributed by atoms with Crippen molar-refractivity contribution in [1.82, 2.24) is 0 Å². The second-order valence-electron chi connectivity index (χ2n) is 6.15. The number of hydrogen-bond acceptors (Lipinski definition) is 7. The fourth-order valence-corrected chi connectivity index (χ4v) is 2.42. The van der Waals surface area contributed by atoms with E-state index in [0.717, 1.165) is 5.71 Å². The Bertz CT molecular complexity index is 803. The minimum absolute atomic E-state index is 0.116. The molecule has 1 N–H and O–H groups in total. The summed E-state index contributed by atoms with van der Waals surface area (Å²) < 4.78 is 10.0. The molecule has 1 aromatic carbocycles. The Labute approximate surface area is 144 Å². The molecule has 0 aromatic heterocycles. The van der Waals surface area contributed by atoms with Crippen LogP contribution in [0.15, 0.2) is 41.1 Å². The van der Waals surface area contributed by atoms with Crippen LogP contribution in [0, 0.1) is 0 Å². The smallest absolute Gasteiger partial charge is 0.350 e. The number of carbonyl (C=O) groups is 3. The van der Waals surface area contributed by atoms with Gasteiger partial charge in [-0.2, -0.15) is 5.10 Å². The number of benzene rings is 1. The number of cyclic esters (lactones) is 2. The third-order valence-electron chi connectivity index (χ3n) is 3.50. The summed E-state index contributed by atoms with van der Waals surface area (Å²) in [6, 6.07) is 6.87. The number of ether oxygens (including phenoxy) is 2. The molecule has 2 aliphatic heterocycles. The number of nitrogens with one attached hydrogen (secondary N) is 1. The number of amides is 1. The lowest BCUT2D eigenvalue weighted by atomic mass is 10.2. The number of rotatable bonds is 3. The van der Waals surface area contributed by atoms with Gasteiger partial charge in [0.15, 0.2) is 5.57 Å². The molecular formula is C17H17N3O5. The molecule has 0 bridgehead atoms. The molecule has 0 unspecified atom stereocenters. The molecule has 1 amide bonds. The van der Waals surface area contributed by atoms with Gasteiger partial charge in [0.1, 0.15) is 0 Å². The highest BCUT2D eigenvalue weighted by atomic mass is 16.7. The van der Waals surface area contributed by atoms with E-state index in [1.54, 1.807) is 31.2 Å². The minimum Gasteiger partial charge on any atom is -0.419 e. The van der Waals surface area contributed by atoms with Gasteiger partial charge < -0.3 is 14.8 Å². The molecule has 0 aliphatic carbocycles. The summed E-state index contributed by atoms with van der Waals surface area (Å²) in [6.07, 6.45) is 1.51. The fraction of sp³-hybridized carbons (Fsp3) is 0.294. The lowest BCUT2D eigenvalue weighted by Gasteiger charge is -2.29. The summed E-state index contributed by atoms with van der Waals surface area (Å²) in [5.74, 6) is -2.92. The molecule has 8 heteroatoms. The average Bonchev–Trinajstić information content (AvgIpc) is 2.84. The SMILES string of the molecule is CC1=NN(c2cccc(NC=C3C(=O)OC(C)(C)OC3=O)c2)C(=O)C1. The van der Waals surface area contributed by atoms with Gasteiger partial charge in [0.25, 0.3) is 11.7 Å². The molecule has 130 valence electrons. The van der Waals surface area contributed by atoms with Gasteiger partial charge in [0.2, 0.25) is 0 Å². The number of hydrogen-bond donors (Lipinski definition) is 1. The van der Waals surface area contributed by atoms with Gasteiger partial charge in [-0.1, -0.05) is 6.07 Å². The molecule has 1 aromatic rings. The van der Waals surface area contributed by atoms with Crippen LogP contribution in [0.3, 0.4) is 0 Å². The van der Waals surface area contributed by atoms with Gasteiger partial charge in [-0.3, -0.25) is 4.79 Å². The van der Waals surface area contributed by atoms with E-state index in [1.807, 2.05) is 0 Å². The summed E-state index contributed by atoms with van der Waals surface area (Å²) in [5, 5.41) is 8.34. The normalized spacial score (nSPS) is 19.3. The largest absolute Gasteiger partial charge is 0.419 e. The summed E-state index contributed by atoms with van der Waals surface area (Å²) >= 11 is 0. The lowest BCUT2D eigenvalue weighted by Crippen LogP contribution is -2.42. The molecule has 1 saturated heterocycles. The summed E-state index contributed by atoms with van der Waals surface area (Å²) in [7, 11) is 0. The molecule has 0 spiro atoms. The molecule has 1 fully saturated rings. The molecule has 2 aliphatic rings. The molecule has 2 heterocycles. The molecule has 25 heavy (non-hydrogen) atoms. The first-order valence-electron chi connectivity index (χ1n) is 7.66. The maximum atomic E-state index is 11.9. The second kappa shape index (κ2) is 6.04. The van der Waals surface area contributed by atoms with E-state index in [1.165, 1.54) is 25.1 Å². The Morgan fingerprint density at radius 3 is 2.48 bits per heavy atom. The van der Waals surface area contributed by atoms with Crippen molar-refractivity contribution >= 4 is 34.9 Å². The maximum Gasteiger partial charge on any atom is 0.350 e. The van der Waals surface area contributed by atoms with E-state index in [-0.39, 0.29) is 17.9 Å². The van der Waals surface area contributed by atoms with Crippen molar-refractivity contribution in [2.24, 2.45) is 5.10 Å². The number of carbonyl (C=O) groups excluding carboxylic acids is 3. The summed E-state index contributed by atoms with van der Waals surface area (Å²) in [4.78, 5) is 35.7. The van der Waals surface area contributed by atoms with E-state index >= 15 is 0 Å². The molecule has 3 rings (SSSR count). The van der Waals surface area contributed by atoms with Gasteiger partial charge in [0, 0.05) is 31.4 Å². The topological polar surface area (TPSA) is 97.3 Å². The zero-order valence-electron chi connectivity index (χ0n) is 14.0. The number of hydrazone groups is 1. The van der Waals surface area contributed by atoms with Gasteiger partial charge in [-0.15, -0.1) is 0 Å². The molecule has 0 saturated carbocycles. The van der Waals surface area contributed by atoms with Crippen LogP contribution >= 0.6 is 0 Å². The highest BCUT2D eigenvalue weighted by molar-refractivity contribution is 6.15. The Hall–Kier alpha value is -3.16. The molecule has 8 nitrogen and oxygen atoms in total. The quantitative estimate of drug-likeness (QED) is 0.512. The Morgan fingerprint density at radius 2 is 1.88 bits per heavy atom. The first-order valence-corrected chi connectivity index (χ1v) is 7.66. The third kappa shape index (κ3) is 3.52. The Balaban J connectivity index is 1.78. The van der Waals surface area contributed by atoms with Crippen LogP contribution < -0.4 is 10.3 Å². The average molecular weight is 343 g/mol. The van der Waals surface area contributed by atoms with E-state index in [0.29, 0.717) is 11.4 Å². The first-order chi connectivity index (χ1) is 11.7. The molecule has 0 atom stereocenters. The highest BCUT2D eigenvalue weighted by Gasteiger charge is 2.38. The van der Waals surface area contributed by atoms with Gasteiger partial charge >= 0.3 is 11.9 Å². The standard InChI is InChI=1S/C17H17N3O5/c1-10-7-14(21)20(19-10)12-6-4-5-11(8-12)18-9-13-15(22)24-17(2,3)25-16(13)23/h4-6,8-9,18H,7H2,1-3H3. The van der Waals surface area contributed by atoms with Gasteiger partial charge in [-0.05, 0) is 25.1 Å². The van der Waals surface area contributed by atoms with Crippen LogP contribution in [-0.2, 0) is 23.9 Å². The lowest BCUT2D eigenvalue weighted by molar-refractivity contribution is -0.222. The van der Waals surface area contributed by atoms with Crippen molar-refractivity contribution in [3.05, 3.63) is 36.0 Å². The van der Waals surface area contributed by atoms with E-state index in [4.69, 9.17) is 9.47 Å². The predicted octanol–water partition coefficient (Wildman–Crippen LogP) is 1.93. The zero-order chi connectivity index (χ0) is 18.2. The second-order valence-corrected chi connectivity index (χ2v) is 6.15. The van der Waals surface area contributed by atoms with Gasteiger partial charge in [-0.25, -0.2) is 14.6 Å². The van der Waals surface area contributed by atoms with Crippen molar-refractivity contribution in [2.75, 3.05) is 10.3 Å². The number of anilines is 2. The third-order valence-corrected chi connectivity index (χ3v) is 3.50.